The van der Waals surface area contributed by atoms with Crippen LogP contribution in [0.1, 0.15) is 54.8 Å². The van der Waals surface area contributed by atoms with Gasteiger partial charge in [-0.25, -0.2) is 9.48 Å². The van der Waals surface area contributed by atoms with Gasteiger partial charge in [0.25, 0.3) is 0 Å². The van der Waals surface area contributed by atoms with Gasteiger partial charge < -0.3 is 5.11 Å². The quantitative estimate of drug-likeness (QED) is 0.902. The molecule has 1 saturated carbocycles. The van der Waals surface area contributed by atoms with Crippen molar-refractivity contribution in [2.75, 3.05) is 0 Å². The van der Waals surface area contributed by atoms with E-state index in [1.807, 2.05) is 6.92 Å². The van der Waals surface area contributed by atoms with Crippen LogP contribution in [0.2, 0.25) is 0 Å². The number of halogens is 3. The number of nitrogens with zero attached hydrogens (tertiary/aromatic N) is 3. The predicted octanol–water partition coefficient (Wildman–Crippen LogP) is 2.75. The lowest BCUT2D eigenvalue weighted by atomic mass is 9.87. The van der Waals surface area contributed by atoms with E-state index in [0.29, 0.717) is 18.8 Å². The van der Waals surface area contributed by atoms with Crippen LogP contribution in [0.15, 0.2) is 0 Å². The summed E-state index contributed by atoms with van der Waals surface area (Å²) in [5.74, 6) is -1.23. The minimum Gasteiger partial charge on any atom is -0.476 e. The first-order chi connectivity index (χ1) is 8.80. The molecule has 0 unspecified atom stereocenters. The van der Waals surface area contributed by atoms with Gasteiger partial charge in [-0.15, -0.1) is 5.10 Å². The Kier molecular flexibility index (Phi) is 3.51. The maximum atomic E-state index is 13.0. The summed E-state index contributed by atoms with van der Waals surface area (Å²) in [6.07, 6.45) is -2.02. The molecule has 1 aliphatic carbocycles. The van der Waals surface area contributed by atoms with Gasteiger partial charge in [0.1, 0.15) is 0 Å². The molecular weight excluding hydrogens is 263 g/mol. The Hall–Kier alpha value is -1.60. The second-order valence-corrected chi connectivity index (χ2v) is 4.95. The molecule has 1 fully saturated rings. The second-order valence-electron chi connectivity index (χ2n) is 4.95. The summed E-state index contributed by atoms with van der Waals surface area (Å²) in [5.41, 5.74) is -2.27. The highest BCUT2D eigenvalue weighted by Crippen LogP contribution is 2.37. The minimum absolute atomic E-state index is 0.423. The van der Waals surface area contributed by atoms with Crippen molar-refractivity contribution >= 4 is 5.97 Å². The molecule has 1 N–H and O–H groups in total. The van der Waals surface area contributed by atoms with Gasteiger partial charge in [-0.2, -0.15) is 13.2 Å². The first-order valence-electron chi connectivity index (χ1n) is 6.06. The van der Waals surface area contributed by atoms with Gasteiger partial charge in [0.2, 0.25) is 5.69 Å². The molecule has 0 atom stereocenters. The van der Waals surface area contributed by atoms with E-state index in [9.17, 15) is 18.0 Å². The second kappa shape index (κ2) is 4.82. The molecule has 8 heteroatoms. The number of carboxylic acid groups (broad SMARTS) is 1. The zero-order valence-corrected chi connectivity index (χ0v) is 10.3. The normalized spacial score (nSPS) is 24.4. The van der Waals surface area contributed by atoms with Gasteiger partial charge >= 0.3 is 12.1 Å². The number of aromatic nitrogens is 3. The van der Waals surface area contributed by atoms with Gasteiger partial charge in [-0.05, 0) is 31.6 Å². The third-order valence-electron chi connectivity index (χ3n) is 3.50. The summed E-state index contributed by atoms with van der Waals surface area (Å²) < 4.78 is 39.7. The Morgan fingerprint density at radius 2 is 1.89 bits per heavy atom. The first-order valence-corrected chi connectivity index (χ1v) is 6.06. The van der Waals surface area contributed by atoms with Crippen molar-refractivity contribution in [2.45, 2.75) is 44.8 Å². The predicted molar refractivity (Wildman–Crippen MR) is 58.7 cm³/mol. The average Bonchev–Trinajstić information content (AvgIpc) is 2.74. The van der Waals surface area contributed by atoms with Crippen molar-refractivity contribution in [3.8, 4) is 0 Å². The Bertz CT molecular complexity index is 476. The van der Waals surface area contributed by atoms with Crippen molar-refractivity contribution in [1.29, 1.82) is 0 Å². The summed E-state index contributed by atoms with van der Waals surface area (Å²) in [5, 5.41) is 15.4. The molecule has 0 aromatic carbocycles. The highest BCUT2D eigenvalue weighted by atomic mass is 19.4. The fourth-order valence-electron chi connectivity index (χ4n) is 2.44. The van der Waals surface area contributed by atoms with Crippen LogP contribution in [-0.2, 0) is 6.18 Å². The molecule has 0 bridgehead atoms. The lowest BCUT2D eigenvalue weighted by molar-refractivity contribution is -0.145. The van der Waals surface area contributed by atoms with E-state index in [-0.39, 0.29) is 0 Å². The molecule has 1 aromatic rings. The number of carbonyl (C=O) groups is 1. The lowest BCUT2D eigenvalue weighted by Gasteiger charge is -2.27. The molecule has 19 heavy (non-hydrogen) atoms. The molecule has 0 saturated heterocycles. The molecule has 0 radical (unpaired) electrons. The summed E-state index contributed by atoms with van der Waals surface area (Å²) in [6, 6.07) is -0.423. The van der Waals surface area contributed by atoms with Crippen molar-refractivity contribution in [1.82, 2.24) is 15.0 Å². The topological polar surface area (TPSA) is 68.0 Å². The molecule has 1 heterocycles. The zero-order chi connectivity index (χ0) is 14.2. The molecule has 0 amide bonds. The highest BCUT2D eigenvalue weighted by molar-refractivity contribution is 5.86. The highest BCUT2D eigenvalue weighted by Gasteiger charge is 2.43. The first kappa shape index (κ1) is 13.8. The van der Waals surface area contributed by atoms with Gasteiger partial charge in [0, 0.05) is 0 Å². The van der Waals surface area contributed by atoms with Crippen LogP contribution in [0.25, 0.3) is 0 Å². The molecule has 0 aliphatic heterocycles. The smallest absolute Gasteiger partial charge is 0.435 e. The standard InChI is InChI=1S/C11H14F3N3O2/c1-6-2-4-7(5-3-6)17-9(11(12,13)14)8(10(18)19)15-16-17/h6-7H,2-5H2,1H3,(H,18,19). The van der Waals surface area contributed by atoms with E-state index in [0.717, 1.165) is 17.5 Å². The number of carboxylic acids is 1. The average molecular weight is 277 g/mol. The summed E-state index contributed by atoms with van der Waals surface area (Å²) >= 11 is 0. The Labute approximate surface area is 107 Å². The Morgan fingerprint density at radius 1 is 1.32 bits per heavy atom. The van der Waals surface area contributed by atoms with Crippen LogP contribution in [-0.4, -0.2) is 26.1 Å². The number of hydrogen-bond donors (Lipinski definition) is 1. The van der Waals surface area contributed by atoms with Crippen LogP contribution in [0.3, 0.4) is 0 Å². The maximum absolute atomic E-state index is 13.0. The van der Waals surface area contributed by atoms with E-state index >= 15 is 0 Å². The SMILES string of the molecule is CC1CCC(n2nnc(C(=O)O)c2C(F)(F)F)CC1. The summed E-state index contributed by atoms with van der Waals surface area (Å²) in [7, 11) is 0. The molecule has 1 aliphatic rings. The van der Waals surface area contributed by atoms with Crippen LogP contribution >= 0.6 is 0 Å². The fourth-order valence-corrected chi connectivity index (χ4v) is 2.44. The van der Waals surface area contributed by atoms with Crippen molar-refractivity contribution in [3.05, 3.63) is 11.4 Å². The van der Waals surface area contributed by atoms with E-state index in [1.165, 1.54) is 0 Å². The molecule has 1 aromatic heterocycles. The van der Waals surface area contributed by atoms with Crippen molar-refractivity contribution < 1.29 is 23.1 Å². The van der Waals surface area contributed by atoms with Crippen molar-refractivity contribution in [3.63, 3.8) is 0 Å². The van der Waals surface area contributed by atoms with Crippen LogP contribution in [0.4, 0.5) is 13.2 Å². The summed E-state index contributed by atoms with van der Waals surface area (Å²) in [4.78, 5) is 10.8. The zero-order valence-electron chi connectivity index (χ0n) is 10.3. The fraction of sp³-hybridized carbons (Fsp3) is 0.727. The molecular formula is C11H14F3N3O2. The van der Waals surface area contributed by atoms with E-state index in [2.05, 4.69) is 10.3 Å². The number of rotatable bonds is 2. The molecule has 5 nitrogen and oxygen atoms in total. The van der Waals surface area contributed by atoms with Gasteiger partial charge in [0.05, 0.1) is 6.04 Å². The van der Waals surface area contributed by atoms with Crippen molar-refractivity contribution in [2.24, 2.45) is 5.92 Å². The Balaban J connectivity index is 2.38. The number of alkyl halides is 3. The van der Waals surface area contributed by atoms with Crippen LogP contribution < -0.4 is 0 Å². The molecule has 2 rings (SSSR count). The van der Waals surface area contributed by atoms with Crippen LogP contribution in [0.5, 0.6) is 0 Å². The van der Waals surface area contributed by atoms with Gasteiger partial charge in [-0.1, -0.05) is 12.1 Å². The number of hydrogen-bond acceptors (Lipinski definition) is 3. The maximum Gasteiger partial charge on any atom is 0.435 e. The van der Waals surface area contributed by atoms with Gasteiger partial charge in [-0.3, -0.25) is 0 Å². The largest absolute Gasteiger partial charge is 0.476 e. The van der Waals surface area contributed by atoms with Crippen LogP contribution in [0, 0.1) is 5.92 Å². The minimum atomic E-state index is -4.76. The third-order valence-corrected chi connectivity index (χ3v) is 3.50. The van der Waals surface area contributed by atoms with Gasteiger partial charge in [0.15, 0.2) is 5.69 Å². The van der Waals surface area contributed by atoms with E-state index in [1.54, 1.807) is 0 Å². The summed E-state index contributed by atoms with van der Waals surface area (Å²) in [6.45, 7) is 2.05. The molecule has 0 spiro atoms. The third kappa shape index (κ3) is 2.71. The molecule has 106 valence electrons. The van der Waals surface area contributed by atoms with E-state index in [4.69, 9.17) is 5.11 Å². The Morgan fingerprint density at radius 3 is 2.37 bits per heavy atom. The van der Waals surface area contributed by atoms with E-state index < -0.39 is 29.6 Å². The lowest BCUT2D eigenvalue weighted by Crippen LogP contribution is -2.24. The number of aromatic carboxylic acids is 1. The monoisotopic (exact) mass is 277 g/mol.